The second-order valence-corrected chi connectivity index (χ2v) is 3.65. The van der Waals surface area contributed by atoms with E-state index < -0.39 is 18.2 Å². The maximum atomic E-state index is 11.6. The van der Waals surface area contributed by atoms with E-state index >= 15 is 0 Å². The summed E-state index contributed by atoms with van der Waals surface area (Å²) < 4.78 is 9.46. The van der Waals surface area contributed by atoms with Crippen LogP contribution in [-0.4, -0.2) is 25.3 Å². The number of benzene rings is 1. The molecule has 5 heteroatoms. The Hall–Kier alpha value is -2.30. The van der Waals surface area contributed by atoms with E-state index in [0.29, 0.717) is 11.3 Å². The topological polar surface area (TPSA) is 64.6 Å². The lowest BCUT2D eigenvalue weighted by Gasteiger charge is -2.15. The lowest BCUT2D eigenvalue weighted by Crippen LogP contribution is -2.31. The molecule has 0 heterocycles. The van der Waals surface area contributed by atoms with Gasteiger partial charge in [-0.2, -0.15) is 0 Å². The van der Waals surface area contributed by atoms with Crippen LogP contribution >= 0.6 is 0 Å². The van der Waals surface area contributed by atoms with E-state index in [-0.39, 0.29) is 0 Å². The molecule has 1 amide bonds. The third-order valence-electron chi connectivity index (χ3n) is 2.11. The number of anilines is 1. The first-order chi connectivity index (χ1) is 8.54. The molecule has 0 fully saturated rings. The summed E-state index contributed by atoms with van der Waals surface area (Å²) in [6.45, 7) is 5.16. The van der Waals surface area contributed by atoms with Crippen molar-refractivity contribution < 1.29 is 19.1 Å². The molecule has 1 N–H and O–H groups in total. The normalized spacial score (nSPS) is 11.2. The van der Waals surface area contributed by atoms with Gasteiger partial charge < -0.3 is 9.47 Å². The van der Waals surface area contributed by atoms with E-state index in [9.17, 15) is 9.59 Å². The summed E-state index contributed by atoms with van der Waals surface area (Å²) in [5.74, 6) is -0.661. The number of para-hydroxylation sites is 1. The Kier molecular flexibility index (Phi) is 4.92. The minimum atomic E-state index is -1.10. The molecule has 0 saturated carbocycles. The lowest BCUT2D eigenvalue weighted by atomic mass is 10.2. The molecule has 18 heavy (non-hydrogen) atoms. The monoisotopic (exact) mass is 249 g/mol. The molecule has 1 aromatic rings. The highest BCUT2D eigenvalue weighted by molar-refractivity contribution is 5.88. The maximum Gasteiger partial charge on any atom is 0.412 e. The number of rotatable bonds is 4. The molecule has 0 aliphatic carbocycles. The Morgan fingerprint density at radius 3 is 2.39 bits per heavy atom. The van der Waals surface area contributed by atoms with Gasteiger partial charge in [-0.3, -0.25) is 5.32 Å². The van der Waals surface area contributed by atoms with E-state index in [4.69, 9.17) is 4.74 Å². The lowest BCUT2D eigenvalue weighted by molar-refractivity contribution is -0.148. The predicted octanol–water partition coefficient (Wildman–Crippen LogP) is 2.35. The average Bonchev–Trinajstić information content (AvgIpc) is 2.36. The molecule has 1 rings (SSSR count). The standard InChI is InChI=1S/C13H15NO4/c1-9(2)11(12(15)17-3)18-13(16)14-10-7-5-4-6-8-10/h4-8,11H,1H2,2-3H3,(H,14,16). The maximum absolute atomic E-state index is 11.6. The van der Waals surface area contributed by atoms with E-state index in [0.717, 1.165) is 0 Å². The molecular formula is C13H15NO4. The number of methoxy groups -OCH3 is 1. The summed E-state index contributed by atoms with van der Waals surface area (Å²) in [6.07, 6.45) is -1.83. The number of esters is 1. The fourth-order valence-electron chi connectivity index (χ4n) is 1.23. The largest absolute Gasteiger partial charge is 0.466 e. The molecular weight excluding hydrogens is 234 g/mol. The summed E-state index contributed by atoms with van der Waals surface area (Å²) in [6, 6.07) is 8.77. The molecule has 0 aliphatic rings. The van der Waals surface area contributed by atoms with Crippen molar-refractivity contribution in [1.29, 1.82) is 0 Å². The second kappa shape index (κ2) is 6.44. The third-order valence-corrected chi connectivity index (χ3v) is 2.11. The molecule has 1 unspecified atom stereocenters. The first-order valence-electron chi connectivity index (χ1n) is 5.30. The first kappa shape index (κ1) is 13.8. The zero-order valence-electron chi connectivity index (χ0n) is 10.3. The fraction of sp³-hybridized carbons (Fsp3) is 0.231. The number of ether oxygens (including phenoxy) is 2. The van der Waals surface area contributed by atoms with Gasteiger partial charge in [0, 0.05) is 5.69 Å². The van der Waals surface area contributed by atoms with Crippen LogP contribution in [0, 0.1) is 0 Å². The minimum absolute atomic E-state index is 0.394. The summed E-state index contributed by atoms with van der Waals surface area (Å²) in [7, 11) is 1.22. The summed E-state index contributed by atoms with van der Waals surface area (Å²) in [5.41, 5.74) is 0.970. The van der Waals surface area contributed by atoms with Crippen LogP contribution < -0.4 is 5.32 Å². The van der Waals surface area contributed by atoms with Crippen molar-refractivity contribution in [3.05, 3.63) is 42.5 Å². The zero-order chi connectivity index (χ0) is 13.5. The fourth-order valence-corrected chi connectivity index (χ4v) is 1.23. The predicted molar refractivity (Wildman–Crippen MR) is 67.2 cm³/mol. The van der Waals surface area contributed by atoms with E-state index in [1.165, 1.54) is 7.11 Å². The summed E-state index contributed by atoms with van der Waals surface area (Å²) in [5, 5.41) is 2.50. The summed E-state index contributed by atoms with van der Waals surface area (Å²) >= 11 is 0. The Balaban J connectivity index is 2.62. The van der Waals surface area contributed by atoms with E-state index in [1.54, 1.807) is 31.2 Å². The van der Waals surface area contributed by atoms with Crippen molar-refractivity contribution in [2.75, 3.05) is 12.4 Å². The average molecular weight is 249 g/mol. The molecule has 0 radical (unpaired) electrons. The Labute approximate surface area is 105 Å². The SMILES string of the molecule is C=C(C)C(OC(=O)Nc1ccccc1)C(=O)OC. The van der Waals surface area contributed by atoms with Gasteiger partial charge in [-0.05, 0) is 24.6 Å². The number of hydrogen-bond donors (Lipinski definition) is 1. The molecule has 0 saturated heterocycles. The van der Waals surface area contributed by atoms with Crippen LogP contribution in [0.2, 0.25) is 0 Å². The Morgan fingerprint density at radius 2 is 1.89 bits per heavy atom. The molecule has 0 spiro atoms. The number of amides is 1. The minimum Gasteiger partial charge on any atom is -0.466 e. The molecule has 0 aromatic heterocycles. The van der Waals surface area contributed by atoms with Crippen LogP contribution in [0.3, 0.4) is 0 Å². The second-order valence-electron chi connectivity index (χ2n) is 3.65. The van der Waals surface area contributed by atoms with Crippen molar-refractivity contribution in [3.63, 3.8) is 0 Å². The van der Waals surface area contributed by atoms with Gasteiger partial charge in [0.25, 0.3) is 0 Å². The Morgan fingerprint density at radius 1 is 1.28 bits per heavy atom. The molecule has 1 aromatic carbocycles. The molecule has 0 bridgehead atoms. The smallest absolute Gasteiger partial charge is 0.412 e. The van der Waals surface area contributed by atoms with Gasteiger partial charge in [-0.15, -0.1) is 0 Å². The summed E-state index contributed by atoms with van der Waals surface area (Å²) in [4.78, 5) is 22.9. The van der Waals surface area contributed by atoms with Gasteiger partial charge >= 0.3 is 12.1 Å². The van der Waals surface area contributed by atoms with Gasteiger partial charge in [0.2, 0.25) is 6.10 Å². The number of carbonyl (C=O) groups is 2. The first-order valence-corrected chi connectivity index (χ1v) is 5.30. The molecule has 96 valence electrons. The number of hydrogen-bond acceptors (Lipinski definition) is 4. The van der Waals surface area contributed by atoms with Crippen molar-refractivity contribution in [2.24, 2.45) is 0 Å². The van der Waals surface area contributed by atoms with Crippen LogP contribution in [0.25, 0.3) is 0 Å². The number of nitrogens with one attached hydrogen (secondary N) is 1. The van der Waals surface area contributed by atoms with Gasteiger partial charge in [0.15, 0.2) is 0 Å². The van der Waals surface area contributed by atoms with E-state index in [2.05, 4.69) is 16.6 Å². The highest BCUT2D eigenvalue weighted by atomic mass is 16.6. The van der Waals surface area contributed by atoms with Crippen molar-refractivity contribution in [1.82, 2.24) is 0 Å². The van der Waals surface area contributed by atoms with Crippen molar-refractivity contribution in [2.45, 2.75) is 13.0 Å². The van der Waals surface area contributed by atoms with Crippen molar-refractivity contribution >= 4 is 17.7 Å². The quantitative estimate of drug-likeness (QED) is 0.657. The van der Waals surface area contributed by atoms with Gasteiger partial charge in [-0.25, -0.2) is 9.59 Å². The highest BCUT2D eigenvalue weighted by Crippen LogP contribution is 2.10. The highest BCUT2D eigenvalue weighted by Gasteiger charge is 2.24. The van der Waals surface area contributed by atoms with Gasteiger partial charge in [0.05, 0.1) is 7.11 Å². The van der Waals surface area contributed by atoms with Crippen LogP contribution in [0.5, 0.6) is 0 Å². The number of carbonyl (C=O) groups excluding carboxylic acids is 2. The van der Waals surface area contributed by atoms with Gasteiger partial charge in [-0.1, -0.05) is 24.8 Å². The van der Waals surface area contributed by atoms with Crippen LogP contribution in [-0.2, 0) is 14.3 Å². The Bertz CT molecular complexity index is 442. The van der Waals surface area contributed by atoms with Crippen LogP contribution in [0.1, 0.15) is 6.92 Å². The molecule has 1 atom stereocenters. The third kappa shape index (κ3) is 3.93. The molecule has 5 nitrogen and oxygen atoms in total. The van der Waals surface area contributed by atoms with Crippen LogP contribution in [0.15, 0.2) is 42.5 Å². The van der Waals surface area contributed by atoms with E-state index in [1.807, 2.05) is 6.07 Å². The van der Waals surface area contributed by atoms with Crippen LogP contribution in [0.4, 0.5) is 10.5 Å². The van der Waals surface area contributed by atoms with Gasteiger partial charge in [0.1, 0.15) is 0 Å². The zero-order valence-corrected chi connectivity index (χ0v) is 10.3. The van der Waals surface area contributed by atoms with Crippen molar-refractivity contribution in [3.8, 4) is 0 Å². The molecule has 0 aliphatic heterocycles.